The number of amides is 1. The lowest BCUT2D eigenvalue weighted by molar-refractivity contribution is -0.390. The summed E-state index contributed by atoms with van der Waals surface area (Å²) in [6.45, 7) is 1.24. The highest BCUT2D eigenvalue weighted by Gasteiger charge is 2.24. The van der Waals surface area contributed by atoms with Gasteiger partial charge < -0.3 is 15.4 Å². The van der Waals surface area contributed by atoms with Crippen molar-refractivity contribution >= 4 is 33.3 Å². The van der Waals surface area contributed by atoms with Gasteiger partial charge in [0.1, 0.15) is 11.0 Å². The van der Waals surface area contributed by atoms with Crippen molar-refractivity contribution in [2.24, 2.45) is 0 Å². The number of hydrogen-bond acceptors (Lipinski definition) is 4. The molecule has 0 radical (unpaired) electrons. The topological polar surface area (TPSA) is 90.1 Å². The molecule has 1 heterocycles. The van der Waals surface area contributed by atoms with Crippen LogP contribution in [0.25, 0.3) is 0 Å². The van der Waals surface area contributed by atoms with Crippen LogP contribution >= 0.6 is 15.9 Å². The monoisotopic (exact) mass is 374 g/mol. The quantitative estimate of drug-likeness (QED) is 0.657. The summed E-state index contributed by atoms with van der Waals surface area (Å²) < 4.78 is 27.1. The zero-order valence-corrected chi connectivity index (χ0v) is 12.7. The van der Waals surface area contributed by atoms with Gasteiger partial charge in [-0.1, -0.05) is 0 Å². The largest absolute Gasteiger partial charge is 0.404 e. The first kappa shape index (κ1) is 16.0. The fraction of sp³-hybridized carbons (Fsp3) is 0.167. The molecule has 0 fully saturated rings. The molecule has 7 nitrogen and oxygen atoms in total. The van der Waals surface area contributed by atoms with E-state index in [-0.39, 0.29) is 16.7 Å². The number of hydrogen-bond donors (Lipinski definition) is 1. The summed E-state index contributed by atoms with van der Waals surface area (Å²) in [5, 5.41) is 16.8. The summed E-state index contributed by atoms with van der Waals surface area (Å²) in [5.74, 6) is -3.11. The molecule has 0 saturated carbocycles. The summed E-state index contributed by atoms with van der Waals surface area (Å²) >= 11 is 3.03. The Morgan fingerprint density at radius 3 is 2.68 bits per heavy atom. The molecule has 10 heteroatoms. The number of nitrogens with one attached hydrogen (secondary N) is 1. The van der Waals surface area contributed by atoms with Crippen LogP contribution in [0.15, 0.2) is 22.7 Å². The molecule has 116 valence electrons. The Morgan fingerprint density at radius 1 is 1.45 bits per heavy atom. The SMILES string of the molecule is Cc1c(Br)c([N+](=O)[O-])nn1CC(=O)Nc1ccc(F)c(F)c1. The van der Waals surface area contributed by atoms with Gasteiger partial charge in [-0.15, -0.1) is 0 Å². The van der Waals surface area contributed by atoms with Gasteiger partial charge in [0.2, 0.25) is 5.91 Å². The average Bonchev–Trinajstić information content (AvgIpc) is 2.71. The number of anilines is 1. The summed E-state index contributed by atoms with van der Waals surface area (Å²) in [7, 11) is 0. The molecule has 0 spiro atoms. The first-order valence-electron chi connectivity index (χ1n) is 5.91. The van der Waals surface area contributed by atoms with E-state index >= 15 is 0 Å². The van der Waals surface area contributed by atoms with Gasteiger partial charge in [0, 0.05) is 11.8 Å². The van der Waals surface area contributed by atoms with Gasteiger partial charge in [-0.05, 0) is 39.9 Å². The lowest BCUT2D eigenvalue weighted by atomic mass is 10.3. The number of aromatic nitrogens is 2. The van der Waals surface area contributed by atoms with Gasteiger partial charge in [-0.25, -0.2) is 8.78 Å². The van der Waals surface area contributed by atoms with E-state index in [9.17, 15) is 23.7 Å². The van der Waals surface area contributed by atoms with Gasteiger partial charge in [0.05, 0.1) is 10.8 Å². The lowest BCUT2D eigenvalue weighted by Crippen LogP contribution is -2.20. The first-order chi connectivity index (χ1) is 10.3. The third-order valence-electron chi connectivity index (χ3n) is 2.79. The van der Waals surface area contributed by atoms with Crippen molar-refractivity contribution in [3.05, 3.63) is 50.1 Å². The van der Waals surface area contributed by atoms with Crippen LogP contribution in [-0.4, -0.2) is 20.6 Å². The molecule has 0 aliphatic heterocycles. The van der Waals surface area contributed by atoms with E-state index in [4.69, 9.17) is 0 Å². The fourth-order valence-electron chi connectivity index (χ4n) is 1.69. The zero-order valence-electron chi connectivity index (χ0n) is 11.1. The van der Waals surface area contributed by atoms with Crippen LogP contribution < -0.4 is 5.32 Å². The molecule has 0 unspecified atom stereocenters. The normalized spacial score (nSPS) is 10.5. The molecule has 22 heavy (non-hydrogen) atoms. The smallest absolute Gasteiger partial charge is 0.358 e. The van der Waals surface area contributed by atoms with Crippen molar-refractivity contribution in [1.29, 1.82) is 0 Å². The number of carbonyl (C=O) groups is 1. The van der Waals surface area contributed by atoms with E-state index in [1.165, 1.54) is 6.07 Å². The zero-order chi connectivity index (χ0) is 16.4. The number of benzene rings is 1. The Morgan fingerprint density at radius 2 is 2.14 bits per heavy atom. The molecular formula is C12H9BrF2N4O3. The van der Waals surface area contributed by atoms with Crippen LogP contribution in [0.5, 0.6) is 0 Å². The maximum Gasteiger partial charge on any atom is 0.404 e. The summed E-state index contributed by atoms with van der Waals surface area (Å²) in [4.78, 5) is 21.9. The Kier molecular flexibility index (Phi) is 4.50. The maximum atomic E-state index is 13.0. The molecule has 1 N–H and O–H groups in total. The van der Waals surface area contributed by atoms with Crippen molar-refractivity contribution in [3.63, 3.8) is 0 Å². The first-order valence-corrected chi connectivity index (χ1v) is 6.71. The molecule has 2 aromatic rings. The Hall–Kier alpha value is -2.36. The van der Waals surface area contributed by atoms with Crippen LogP contribution in [0, 0.1) is 28.7 Å². The van der Waals surface area contributed by atoms with E-state index in [1.54, 1.807) is 6.92 Å². The number of nitro groups is 1. The van der Waals surface area contributed by atoms with E-state index in [2.05, 4.69) is 26.3 Å². The second kappa shape index (κ2) is 6.18. The highest BCUT2D eigenvalue weighted by atomic mass is 79.9. The minimum atomic E-state index is -1.09. The van der Waals surface area contributed by atoms with E-state index in [0.29, 0.717) is 5.69 Å². The van der Waals surface area contributed by atoms with Crippen molar-refractivity contribution < 1.29 is 18.5 Å². The molecule has 0 aliphatic rings. The summed E-state index contributed by atoms with van der Waals surface area (Å²) in [6.07, 6.45) is 0. The lowest BCUT2D eigenvalue weighted by Gasteiger charge is -2.05. The molecule has 2 rings (SSSR count). The molecule has 0 saturated heterocycles. The molecular weight excluding hydrogens is 366 g/mol. The molecule has 1 aromatic carbocycles. The predicted molar refractivity (Wildman–Crippen MR) is 76.3 cm³/mol. The Labute approximate surface area is 131 Å². The molecule has 0 atom stereocenters. The summed E-state index contributed by atoms with van der Waals surface area (Å²) in [6, 6.07) is 2.91. The number of rotatable bonds is 4. The van der Waals surface area contributed by atoms with Crippen molar-refractivity contribution in [1.82, 2.24) is 9.78 Å². The van der Waals surface area contributed by atoms with Gasteiger partial charge in [-0.2, -0.15) is 4.68 Å². The number of nitrogens with zero attached hydrogens (tertiary/aromatic N) is 3. The second-order valence-electron chi connectivity index (χ2n) is 4.31. The molecule has 0 bridgehead atoms. The molecule has 0 aliphatic carbocycles. The van der Waals surface area contributed by atoms with Crippen molar-refractivity contribution in [2.75, 3.05) is 5.32 Å². The van der Waals surface area contributed by atoms with Gasteiger partial charge in [-0.3, -0.25) is 4.79 Å². The van der Waals surface area contributed by atoms with E-state index in [0.717, 1.165) is 16.8 Å². The standard InChI is InChI=1S/C12H9BrF2N4O3/c1-6-11(13)12(19(21)22)17-18(6)5-10(20)16-7-2-3-8(14)9(15)4-7/h2-4H,5H2,1H3,(H,16,20). The average molecular weight is 375 g/mol. The van der Waals surface area contributed by atoms with Gasteiger partial charge >= 0.3 is 5.82 Å². The minimum absolute atomic E-state index is 0.0716. The van der Waals surface area contributed by atoms with Crippen LogP contribution in [-0.2, 0) is 11.3 Å². The van der Waals surface area contributed by atoms with E-state index in [1.807, 2.05) is 0 Å². The highest BCUT2D eigenvalue weighted by molar-refractivity contribution is 9.10. The highest BCUT2D eigenvalue weighted by Crippen LogP contribution is 2.26. The van der Waals surface area contributed by atoms with E-state index < -0.39 is 28.3 Å². The van der Waals surface area contributed by atoms with Crippen LogP contribution in [0.3, 0.4) is 0 Å². The van der Waals surface area contributed by atoms with Gasteiger partial charge in [0.15, 0.2) is 11.6 Å². The minimum Gasteiger partial charge on any atom is -0.358 e. The molecule has 1 amide bonds. The summed E-state index contributed by atoms with van der Waals surface area (Å²) in [5.41, 5.74) is 0.467. The fourth-order valence-corrected chi connectivity index (χ4v) is 2.12. The predicted octanol–water partition coefficient (Wildman–Crippen LogP) is 2.78. The van der Waals surface area contributed by atoms with Gasteiger partial charge in [0.25, 0.3) is 0 Å². The second-order valence-corrected chi connectivity index (χ2v) is 5.11. The number of halogens is 3. The van der Waals surface area contributed by atoms with Crippen molar-refractivity contribution in [3.8, 4) is 0 Å². The Balaban J connectivity index is 2.14. The Bertz CT molecular complexity index is 763. The van der Waals surface area contributed by atoms with Crippen LogP contribution in [0.4, 0.5) is 20.3 Å². The maximum absolute atomic E-state index is 13.0. The third-order valence-corrected chi connectivity index (χ3v) is 3.71. The van der Waals surface area contributed by atoms with Crippen LogP contribution in [0.1, 0.15) is 5.69 Å². The third kappa shape index (κ3) is 3.27. The number of carbonyl (C=O) groups excluding carboxylic acids is 1. The van der Waals surface area contributed by atoms with Crippen molar-refractivity contribution in [2.45, 2.75) is 13.5 Å². The van der Waals surface area contributed by atoms with Crippen LogP contribution in [0.2, 0.25) is 0 Å². The molecule has 1 aromatic heterocycles.